The van der Waals surface area contributed by atoms with Gasteiger partial charge in [-0.05, 0) is 38.5 Å². The summed E-state index contributed by atoms with van der Waals surface area (Å²) in [6, 6.07) is 0. The summed E-state index contributed by atoms with van der Waals surface area (Å²) < 4.78 is 0. The Morgan fingerprint density at radius 2 is 1.45 bits per heavy atom. The second kappa shape index (κ2) is 15.3. The van der Waals surface area contributed by atoms with Crippen molar-refractivity contribution in [3.8, 4) is 0 Å². The van der Waals surface area contributed by atoms with E-state index in [1.165, 1.54) is 90.3 Å². The number of hydrogen-bond donors (Lipinski definition) is 1. The number of aliphatic carboxylic acids is 1. The number of likely N-dealkylation sites (tertiary alicyclic amines) is 1. The second-order valence-corrected chi connectivity index (χ2v) is 6.84. The molecule has 0 atom stereocenters. The molecule has 0 aromatic carbocycles. The Morgan fingerprint density at radius 1 is 0.955 bits per heavy atom. The number of piperidine rings is 1. The number of carboxylic acid groups (broad SMARTS) is 1. The molecule has 1 aliphatic rings. The Labute approximate surface area is 138 Å². The van der Waals surface area contributed by atoms with Gasteiger partial charge in [-0.3, -0.25) is 0 Å². The molecule has 0 aromatic heterocycles. The van der Waals surface area contributed by atoms with Crippen LogP contribution in [0.4, 0.5) is 0 Å². The predicted molar refractivity (Wildman–Crippen MR) is 91.9 cm³/mol. The van der Waals surface area contributed by atoms with Crippen LogP contribution in [-0.4, -0.2) is 25.6 Å². The van der Waals surface area contributed by atoms with Gasteiger partial charge in [0.25, 0.3) is 0 Å². The van der Waals surface area contributed by atoms with Crippen molar-refractivity contribution in [3.63, 3.8) is 0 Å². The molecule has 1 N–H and O–H groups in total. The Morgan fingerprint density at radius 3 is 2.00 bits per heavy atom. The van der Waals surface area contributed by atoms with Crippen LogP contribution in [0.1, 0.15) is 91.4 Å². The standard InChI is InChI=1S/C17H35N.C2H4O2/c1-3-5-7-8-9-10-14-18-15-12-17(13-16-18)11-6-4-2;1-2(3)4/h17H,3-16H2,1-2H3;1H3,(H,3,4). The van der Waals surface area contributed by atoms with E-state index < -0.39 is 5.97 Å². The van der Waals surface area contributed by atoms with E-state index in [0.717, 1.165) is 12.8 Å². The average Bonchev–Trinajstić information content (AvgIpc) is 2.49. The zero-order valence-corrected chi connectivity index (χ0v) is 15.3. The maximum Gasteiger partial charge on any atom is 0.0773 e. The molecule has 3 heteroatoms. The van der Waals surface area contributed by atoms with Gasteiger partial charge >= 0.3 is 0 Å². The van der Waals surface area contributed by atoms with E-state index in [1.54, 1.807) is 0 Å². The predicted octanol–water partition coefficient (Wildman–Crippen LogP) is 2.59. The summed E-state index contributed by atoms with van der Waals surface area (Å²) in [6.07, 6.45) is 16.0. The summed E-state index contributed by atoms with van der Waals surface area (Å²) in [4.78, 5) is 10.8. The summed E-state index contributed by atoms with van der Waals surface area (Å²) in [5.41, 5.74) is 0. The quantitative estimate of drug-likeness (QED) is 0.630. The summed E-state index contributed by atoms with van der Waals surface area (Å²) in [7, 11) is 0. The molecule has 0 bridgehead atoms. The van der Waals surface area contributed by atoms with Crippen molar-refractivity contribution in [1.29, 1.82) is 0 Å². The normalized spacial score (nSPS) is 21.0. The van der Waals surface area contributed by atoms with Crippen LogP contribution in [0.25, 0.3) is 0 Å². The molecule has 3 nitrogen and oxygen atoms in total. The molecule has 1 aliphatic heterocycles. The summed E-state index contributed by atoms with van der Waals surface area (Å²) in [5.74, 6) is -0.0155. The summed E-state index contributed by atoms with van der Waals surface area (Å²) >= 11 is 0. The largest absolute Gasteiger partial charge is 0.550 e. The number of rotatable bonds is 10. The highest BCUT2D eigenvalue weighted by Crippen LogP contribution is 2.17. The first kappa shape index (κ1) is 21.4. The molecule has 0 spiro atoms. The lowest BCUT2D eigenvalue weighted by atomic mass is 9.91. The number of carbonyl (C=O) groups excluding carboxylic acids is 1. The van der Waals surface area contributed by atoms with Crippen LogP contribution in [0.5, 0.6) is 0 Å². The molecular formula is C19H39NO2. The van der Waals surface area contributed by atoms with Crippen molar-refractivity contribution < 1.29 is 14.8 Å². The van der Waals surface area contributed by atoms with Gasteiger partial charge in [0, 0.05) is 5.97 Å². The van der Waals surface area contributed by atoms with E-state index >= 15 is 0 Å². The van der Waals surface area contributed by atoms with Gasteiger partial charge in [-0.15, -0.1) is 0 Å². The molecule has 0 aliphatic carbocycles. The molecule has 0 amide bonds. The van der Waals surface area contributed by atoms with Crippen LogP contribution in [-0.2, 0) is 4.79 Å². The fourth-order valence-electron chi connectivity index (χ4n) is 3.27. The molecule has 0 saturated carbocycles. The van der Waals surface area contributed by atoms with E-state index in [2.05, 4.69) is 13.8 Å². The van der Waals surface area contributed by atoms with Crippen molar-refractivity contribution in [3.05, 3.63) is 0 Å². The highest BCUT2D eigenvalue weighted by atomic mass is 16.4. The molecule has 22 heavy (non-hydrogen) atoms. The second-order valence-electron chi connectivity index (χ2n) is 6.84. The average molecular weight is 314 g/mol. The number of hydrogen-bond acceptors (Lipinski definition) is 2. The van der Waals surface area contributed by atoms with Crippen LogP contribution in [0.2, 0.25) is 0 Å². The molecule has 1 rings (SSSR count). The maximum atomic E-state index is 8.89. The van der Waals surface area contributed by atoms with Crippen LogP contribution >= 0.6 is 0 Å². The lowest BCUT2D eigenvalue weighted by Crippen LogP contribution is -3.13. The van der Waals surface area contributed by atoms with Gasteiger partial charge in [0.05, 0.1) is 19.6 Å². The Bertz CT molecular complexity index is 244. The number of carboxylic acids is 1. The van der Waals surface area contributed by atoms with Crippen LogP contribution in [0.3, 0.4) is 0 Å². The highest BCUT2D eigenvalue weighted by Gasteiger charge is 2.20. The lowest BCUT2D eigenvalue weighted by Gasteiger charge is -2.29. The van der Waals surface area contributed by atoms with Gasteiger partial charge in [-0.1, -0.05) is 58.8 Å². The fourth-order valence-corrected chi connectivity index (χ4v) is 3.27. The number of unbranched alkanes of at least 4 members (excludes halogenated alkanes) is 6. The van der Waals surface area contributed by atoms with Crippen molar-refractivity contribution in [2.45, 2.75) is 91.4 Å². The molecule has 1 saturated heterocycles. The summed E-state index contributed by atoms with van der Waals surface area (Å²) in [6.45, 7) is 9.96. The van der Waals surface area contributed by atoms with E-state index in [9.17, 15) is 0 Å². The Kier molecular flexibility index (Phi) is 14.9. The van der Waals surface area contributed by atoms with E-state index in [0.29, 0.717) is 0 Å². The topological polar surface area (TPSA) is 44.6 Å². The Balaban J connectivity index is 0.000000980. The minimum atomic E-state index is -1.08. The molecule has 0 radical (unpaired) electrons. The Hall–Kier alpha value is -0.570. The molecule has 0 unspecified atom stereocenters. The monoisotopic (exact) mass is 313 g/mol. The van der Waals surface area contributed by atoms with Gasteiger partial charge in [-0.25, -0.2) is 0 Å². The van der Waals surface area contributed by atoms with Crippen LogP contribution < -0.4 is 10.0 Å². The van der Waals surface area contributed by atoms with E-state index in [4.69, 9.17) is 9.90 Å². The van der Waals surface area contributed by atoms with Crippen molar-refractivity contribution in [2.24, 2.45) is 5.92 Å². The first-order valence-electron chi connectivity index (χ1n) is 9.61. The van der Waals surface area contributed by atoms with Gasteiger partial charge in [-0.2, -0.15) is 0 Å². The first-order valence-corrected chi connectivity index (χ1v) is 9.61. The molecular weight excluding hydrogens is 274 g/mol. The SMILES string of the molecule is CC(=O)[O-].CCCCCCCC[NH+]1CCC(CCCC)CC1. The molecule has 1 heterocycles. The fraction of sp³-hybridized carbons (Fsp3) is 0.947. The van der Waals surface area contributed by atoms with E-state index in [1.807, 2.05) is 4.90 Å². The minimum Gasteiger partial charge on any atom is -0.550 e. The van der Waals surface area contributed by atoms with Crippen LogP contribution in [0, 0.1) is 5.92 Å². The molecule has 132 valence electrons. The molecule has 0 aromatic rings. The smallest absolute Gasteiger partial charge is 0.0773 e. The third-order valence-corrected chi connectivity index (χ3v) is 4.66. The van der Waals surface area contributed by atoms with Gasteiger partial charge in [0.2, 0.25) is 0 Å². The third-order valence-electron chi connectivity index (χ3n) is 4.66. The number of quaternary nitrogens is 1. The van der Waals surface area contributed by atoms with Crippen molar-refractivity contribution >= 4 is 5.97 Å². The lowest BCUT2D eigenvalue weighted by molar-refractivity contribution is -0.906. The van der Waals surface area contributed by atoms with Crippen LogP contribution in [0.15, 0.2) is 0 Å². The van der Waals surface area contributed by atoms with Gasteiger partial charge in [0.1, 0.15) is 0 Å². The first-order chi connectivity index (χ1) is 10.6. The zero-order chi connectivity index (χ0) is 16.6. The number of carbonyl (C=O) groups is 1. The van der Waals surface area contributed by atoms with E-state index in [-0.39, 0.29) is 0 Å². The molecule has 1 fully saturated rings. The van der Waals surface area contributed by atoms with Crippen molar-refractivity contribution in [2.75, 3.05) is 19.6 Å². The highest BCUT2D eigenvalue weighted by molar-refractivity contribution is 5.60. The van der Waals surface area contributed by atoms with Gasteiger partial charge in [0.15, 0.2) is 0 Å². The zero-order valence-electron chi connectivity index (χ0n) is 15.3. The third kappa shape index (κ3) is 14.4. The van der Waals surface area contributed by atoms with Crippen molar-refractivity contribution in [1.82, 2.24) is 0 Å². The minimum absolute atomic E-state index is 0.972. The van der Waals surface area contributed by atoms with Gasteiger partial charge < -0.3 is 14.8 Å². The maximum absolute atomic E-state index is 8.89. The number of nitrogens with one attached hydrogen (secondary N) is 1. The summed E-state index contributed by atoms with van der Waals surface area (Å²) in [5, 5.41) is 8.89.